The number of carbonyl (C=O) groups excluding carboxylic acids is 1. The maximum absolute atomic E-state index is 12.1. The van der Waals surface area contributed by atoms with E-state index < -0.39 is 11.6 Å². The van der Waals surface area contributed by atoms with E-state index in [0.29, 0.717) is 11.0 Å². The van der Waals surface area contributed by atoms with Crippen LogP contribution in [0.5, 0.6) is 0 Å². The number of likely N-dealkylation sites (N-methyl/N-ethyl adjacent to an activating group) is 1. The van der Waals surface area contributed by atoms with Gasteiger partial charge in [0.15, 0.2) is 5.82 Å². The number of nitrogens with zero attached hydrogens (tertiary/aromatic N) is 3. The zero-order chi connectivity index (χ0) is 16.3. The molecular formula is C16H21N3O2S. The molecule has 0 saturated carbocycles. The Bertz CT molecular complexity index is 634. The lowest BCUT2D eigenvalue weighted by Crippen LogP contribution is -2.40. The molecule has 2 aromatic rings. The largest absolute Gasteiger partial charge is 0.458 e. The summed E-state index contributed by atoms with van der Waals surface area (Å²) in [5, 5.41) is 0.692. The maximum atomic E-state index is 12.1. The predicted octanol–water partition coefficient (Wildman–Crippen LogP) is 3.37. The highest BCUT2D eigenvalue weighted by molar-refractivity contribution is 7.09. The maximum Gasteiger partial charge on any atom is 0.329 e. The normalized spacial score (nSPS) is 12.8. The van der Waals surface area contributed by atoms with Gasteiger partial charge in [0.2, 0.25) is 5.13 Å². The van der Waals surface area contributed by atoms with E-state index in [1.807, 2.05) is 58.2 Å². The average Bonchev–Trinajstić information content (AvgIpc) is 2.94. The third kappa shape index (κ3) is 4.04. The Morgan fingerprint density at radius 2 is 1.91 bits per heavy atom. The Balaban J connectivity index is 2.12. The van der Waals surface area contributed by atoms with Crippen LogP contribution in [0.2, 0.25) is 0 Å². The van der Waals surface area contributed by atoms with E-state index in [-0.39, 0.29) is 5.97 Å². The molecule has 1 unspecified atom stereocenters. The molecule has 1 aromatic carbocycles. The van der Waals surface area contributed by atoms with Crippen LogP contribution in [0.15, 0.2) is 30.3 Å². The molecule has 1 aromatic heterocycles. The van der Waals surface area contributed by atoms with E-state index in [4.69, 9.17) is 4.74 Å². The number of aromatic nitrogens is 2. The summed E-state index contributed by atoms with van der Waals surface area (Å²) in [5.41, 5.74) is 0.464. The van der Waals surface area contributed by atoms with Crippen LogP contribution in [-0.4, -0.2) is 34.0 Å². The van der Waals surface area contributed by atoms with Gasteiger partial charge in [-0.2, -0.15) is 9.36 Å². The summed E-state index contributed by atoms with van der Waals surface area (Å²) in [4.78, 5) is 18.4. The molecule has 0 bridgehead atoms. The molecule has 1 atom stereocenters. The summed E-state index contributed by atoms with van der Waals surface area (Å²) in [7, 11) is 1.82. The summed E-state index contributed by atoms with van der Waals surface area (Å²) in [6, 6.07) is 9.35. The zero-order valence-electron chi connectivity index (χ0n) is 13.5. The molecule has 0 radical (unpaired) electrons. The van der Waals surface area contributed by atoms with E-state index in [0.717, 1.165) is 5.56 Å². The van der Waals surface area contributed by atoms with Crippen molar-refractivity contribution in [3.63, 3.8) is 0 Å². The summed E-state index contributed by atoms with van der Waals surface area (Å²) in [6.45, 7) is 7.37. The lowest BCUT2D eigenvalue weighted by molar-refractivity contribution is -0.155. The van der Waals surface area contributed by atoms with Gasteiger partial charge in [0.1, 0.15) is 11.6 Å². The Labute approximate surface area is 135 Å². The van der Waals surface area contributed by atoms with Gasteiger partial charge < -0.3 is 9.64 Å². The third-order valence-electron chi connectivity index (χ3n) is 3.08. The van der Waals surface area contributed by atoms with Crippen LogP contribution in [0.1, 0.15) is 27.7 Å². The lowest BCUT2D eigenvalue weighted by atomic mass is 10.2. The number of rotatable bonds is 4. The van der Waals surface area contributed by atoms with Crippen LogP contribution in [0.25, 0.3) is 11.4 Å². The number of benzene rings is 1. The monoisotopic (exact) mass is 319 g/mol. The molecule has 5 nitrogen and oxygen atoms in total. The molecule has 118 valence electrons. The van der Waals surface area contributed by atoms with Gasteiger partial charge in [0.25, 0.3) is 0 Å². The van der Waals surface area contributed by atoms with Crippen molar-refractivity contribution >= 4 is 22.6 Å². The van der Waals surface area contributed by atoms with E-state index >= 15 is 0 Å². The van der Waals surface area contributed by atoms with E-state index in [2.05, 4.69) is 9.36 Å². The van der Waals surface area contributed by atoms with Crippen LogP contribution in [0.4, 0.5) is 5.13 Å². The molecular weight excluding hydrogens is 298 g/mol. The fraction of sp³-hybridized carbons (Fsp3) is 0.438. The van der Waals surface area contributed by atoms with Gasteiger partial charge in [-0.05, 0) is 27.7 Å². The SMILES string of the molecule is CC(C(=O)OC(C)(C)C)N(C)c1nc(-c2ccccc2)ns1. The first-order valence-corrected chi connectivity index (χ1v) is 7.90. The Morgan fingerprint density at radius 3 is 2.50 bits per heavy atom. The van der Waals surface area contributed by atoms with Crippen LogP contribution < -0.4 is 4.90 Å². The minimum Gasteiger partial charge on any atom is -0.458 e. The number of anilines is 1. The van der Waals surface area contributed by atoms with Crippen molar-refractivity contribution in [1.29, 1.82) is 0 Å². The molecule has 0 aliphatic rings. The van der Waals surface area contributed by atoms with Crippen molar-refractivity contribution in [2.75, 3.05) is 11.9 Å². The summed E-state index contributed by atoms with van der Waals surface area (Å²) in [5.74, 6) is 0.398. The first kappa shape index (κ1) is 16.4. The molecule has 0 aliphatic carbocycles. The Morgan fingerprint density at radius 1 is 1.27 bits per heavy atom. The Kier molecular flexibility index (Phi) is 4.81. The van der Waals surface area contributed by atoms with Crippen molar-refractivity contribution in [3.8, 4) is 11.4 Å². The summed E-state index contributed by atoms with van der Waals surface area (Å²) in [6.07, 6.45) is 0. The van der Waals surface area contributed by atoms with Gasteiger partial charge in [-0.15, -0.1) is 0 Å². The van der Waals surface area contributed by atoms with Gasteiger partial charge in [-0.25, -0.2) is 4.79 Å². The van der Waals surface area contributed by atoms with Crippen molar-refractivity contribution in [1.82, 2.24) is 9.36 Å². The van der Waals surface area contributed by atoms with E-state index in [1.54, 1.807) is 11.8 Å². The Hall–Kier alpha value is -1.95. The van der Waals surface area contributed by atoms with E-state index in [1.165, 1.54) is 11.5 Å². The third-order valence-corrected chi connectivity index (χ3v) is 3.88. The minimum absolute atomic E-state index is 0.272. The molecule has 6 heteroatoms. The smallest absolute Gasteiger partial charge is 0.329 e. The molecule has 0 aliphatic heterocycles. The second-order valence-electron chi connectivity index (χ2n) is 6.09. The van der Waals surface area contributed by atoms with Gasteiger partial charge >= 0.3 is 5.97 Å². The fourth-order valence-corrected chi connectivity index (χ4v) is 2.50. The van der Waals surface area contributed by atoms with Crippen LogP contribution in [0.3, 0.4) is 0 Å². The topological polar surface area (TPSA) is 55.3 Å². The van der Waals surface area contributed by atoms with Crippen LogP contribution in [0, 0.1) is 0 Å². The first-order chi connectivity index (χ1) is 10.3. The number of hydrogen-bond donors (Lipinski definition) is 0. The molecule has 1 heterocycles. The number of esters is 1. The quantitative estimate of drug-likeness (QED) is 0.809. The second-order valence-corrected chi connectivity index (χ2v) is 6.82. The van der Waals surface area contributed by atoms with Crippen molar-refractivity contribution in [3.05, 3.63) is 30.3 Å². The van der Waals surface area contributed by atoms with Crippen molar-refractivity contribution < 1.29 is 9.53 Å². The molecule has 0 amide bonds. The van der Waals surface area contributed by atoms with Gasteiger partial charge in [-0.1, -0.05) is 30.3 Å². The number of carbonyl (C=O) groups is 1. The highest BCUT2D eigenvalue weighted by Crippen LogP contribution is 2.24. The van der Waals surface area contributed by atoms with Crippen molar-refractivity contribution in [2.45, 2.75) is 39.3 Å². The van der Waals surface area contributed by atoms with Gasteiger partial charge in [0.05, 0.1) is 0 Å². The minimum atomic E-state index is -0.498. The molecule has 0 N–H and O–H groups in total. The van der Waals surface area contributed by atoms with Crippen LogP contribution in [-0.2, 0) is 9.53 Å². The summed E-state index contributed by atoms with van der Waals surface area (Å²) >= 11 is 1.27. The molecule has 0 spiro atoms. The van der Waals surface area contributed by atoms with Gasteiger partial charge in [0, 0.05) is 24.1 Å². The standard InChI is InChI=1S/C16H21N3O2S/c1-11(14(20)21-16(2,3)4)19(5)15-17-13(18-22-15)12-9-7-6-8-10-12/h6-11H,1-5H3. The predicted molar refractivity (Wildman–Crippen MR) is 89.1 cm³/mol. The van der Waals surface area contributed by atoms with Gasteiger partial charge in [-0.3, -0.25) is 0 Å². The van der Waals surface area contributed by atoms with Crippen molar-refractivity contribution in [2.24, 2.45) is 0 Å². The zero-order valence-corrected chi connectivity index (χ0v) is 14.3. The molecule has 22 heavy (non-hydrogen) atoms. The first-order valence-electron chi connectivity index (χ1n) is 7.13. The molecule has 2 rings (SSSR count). The number of hydrogen-bond acceptors (Lipinski definition) is 6. The lowest BCUT2D eigenvalue weighted by Gasteiger charge is -2.27. The second kappa shape index (κ2) is 6.44. The fourth-order valence-electron chi connectivity index (χ4n) is 1.77. The number of ether oxygens (including phenoxy) is 1. The molecule has 0 saturated heterocycles. The highest BCUT2D eigenvalue weighted by Gasteiger charge is 2.26. The summed E-state index contributed by atoms with van der Waals surface area (Å²) < 4.78 is 9.77. The highest BCUT2D eigenvalue weighted by atomic mass is 32.1. The van der Waals surface area contributed by atoms with Crippen LogP contribution >= 0.6 is 11.5 Å². The van der Waals surface area contributed by atoms with E-state index in [9.17, 15) is 4.79 Å². The molecule has 0 fully saturated rings. The average molecular weight is 319 g/mol.